The molecular weight excluding hydrogens is 210 g/mol. The molecule has 15 heavy (non-hydrogen) atoms. The Kier molecular flexibility index (Phi) is 4.03. The number of hydrogen-bond donors (Lipinski definition) is 0. The summed E-state index contributed by atoms with van der Waals surface area (Å²) in [6.07, 6.45) is 7.83. The fourth-order valence-corrected chi connectivity index (χ4v) is 2.32. The Hall–Kier alpha value is -0.540. The molecule has 0 amide bonds. The number of likely N-dealkylation sites (tertiary alicyclic amines) is 1. The average Bonchev–Trinajstić information content (AvgIpc) is 2.75. The summed E-state index contributed by atoms with van der Waals surface area (Å²) in [5, 5.41) is 0. The van der Waals surface area contributed by atoms with Crippen LogP contribution in [0.4, 0.5) is 0 Å². The number of aromatic nitrogens is 2. The summed E-state index contributed by atoms with van der Waals surface area (Å²) in [5.74, 6) is 0.556. The first-order chi connectivity index (χ1) is 7.40. The highest BCUT2D eigenvalue weighted by Crippen LogP contribution is 2.09. The van der Waals surface area contributed by atoms with E-state index in [0.29, 0.717) is 5.88 Å². The molecule has 2 rings (SSSR count). The van der Waals surface area contributed by atoms with E-state index in [4.69, 9.17) is 11.6 Å². The zero-order valence-electron chi connectivity index (χ0n) is 9.03. The molecule has 1 aliphatic heterocycles. The number of hydrogen-bond acceptors (Lipinski definition) is 2. The summed E-state index contributed by atoms with van der Waals surface area (Å²) in [4.78, 5) is 6.65. The first kappa shape index (κ1) is 11.0. The van der Waals surface area contributed by atoms with E-state index in [1.165, 1.54) is 32.4 Å². The molecule has 0 radical (unpaired) electrons. The highest BCUT2D eigenvalue weighted by molar-refractivity contribution is 6.16. The molecule has 0 saturated carbocycles. The van der Waals surface area contributed by atoms with Gasteiger partial charge in [0.15, 0.2) is 0 Å². The third-order valence-corrected chi connectivity index (χ3v) is 3.32. The van der Waals surface area contributed by atoms with Crippen molar-refractivity contribution in [3.8, 4) is 0 Å². The second-order valence-electron chi connectivity index (χ2n) is 4.11. The van der Waals surface area contributed by atoms with Gasteiger partial charge in [-0.3, -0.25) is 0 Å². The van der Waals surface area contributed by atoms with Crippen molar-refractivity contribution in [2.24, 2.45) is 0 Å². The van der Waals surface area contributed by atoms with Crippen LogP contribution in [0.2, 0.25) is 0 Å². The zero-order chi connectivity index (χ0) is 10.5. The van der Waals surface area contributed by atoms with Gasteiger partial charge in [-0.2, -0.15) is 0 Å². The van der Waals surface area contributed by atoms with Gasteiger partial charge in [0.25, 0.3) is 0 Å². The second-order valence-corrected chi connectivity index (χ2v) is 4.38. The van der Waals surface area contributed by atoms with Gasteiger partial charge >= 0.3 is 0 Å². The Morgan fingerprint density at radius 2 is 2.00 bits per heavy atom. The molecule has 2 heterocycles. The first-order valence-corrected chi connectivity index (χ1v) is 6.21. The van der Waals surface area contributed by atoms with Crippen molar-refractivity contribution < 1.29 is 0 Å². The fraction of sp³-hybridized carbons (Fsp3) is 0.727. The van der Waals surface area contributed by atoms with Crippen LogP contribution in [0.3, 0.4) is 0 Å². The van der Waals surface area contributed by atoms with E-state index in [2.05, 4.69) is 14.5 Å². The molecule has 0 aromatic carbocycles. The van der Waals surface area contributed by atoms with Gasteiger partial charge in [0.05, 0.1) is 17.9 Å². The largest absolute Gasteiger partial charge is 0.332 e. The van der Waals surface area contributed by atoms with Gasteiger partial charge < -0.3 is 9.47 Å². The third kappa shape index (κ3) is 2.95. The first-order valence-electron chi connectivity index (χ1n) is 5.67. The van der Waals surface area contributed by atoms with Crippen molar-refractivity contribution >= 4 is 11.6 Å². The lowest BCUT2D eigenvalue weighted by Crippen LogP contribution is -2.32. The zero-order valence-corrected chi connectivity index (χ0v) is 9.79. The van der Waals surface area contributed by atoms with Crippen LogP contribution in [0.5, 0.6) is 0 Å². The van der Waals surface area contributed by atoms with Gasteiger partial charge in [-0.15, -0.1) is 11.6 Å². The van der Waals surface area contributed by atoms with Crippen LogP contribution in [0.1, 0.15) is 25.0 Å². The van der Waals surface area contributed by atoms with Crippen molar-refractivity contribution in [1.29, 1.82) is 0 Å². The van der Waals surface area contributed by atoms with Crippen LogP contribution in [0, 0.1) is 0 Å². The maximum Gasteiger partial charge on any atom is 0.0948 e. The monoisotopic (exact) mass is 227 g/mol. The lowest BCUT2D eigenvalue weighted by atomic mass is 10.1. The van der Waals surface area contributed by atoms with Gasteiger partial charge in [-0.05, 0) is 25.9 Å². The summed E-state index contributed by atoms with van der Waals surface area (Å²) in [5.41, 5.74) is 1.12. The van der Waals surface area contributed by atoms with Gasteiger partial charge in [0, 0.05) is 19.3 Å². The molecule has 0 aliphatic carbocycles. The predicted molar refractivity (Wildman–Crippen MR) is 62.1 cm³/mol. The molecule has 1 aromatic heterocycles. The van der Waals surface area contributed by atoms with Crippen LogP contribution in [0.25, 0.3) is 0 Å². The minimum Gasteiger partial charge on any atom is -0.332 e. The van der Waals surface area contributed by atoms with E-state index in [-0.39, 0.29) is 0 Å². The molecule has 84 valence electrons. The summed E-state index contributed by atoms with van der Waals surface area (Å²) in [6.45, 7) is 4.65. The minimum atomic E-state index is 0.556. The lowest BCUT2D eigenvalue weighted by Gasteiger charge is -2.26. The Labute approximate surface area is 96.0 Å². The van der Waals surface area contributed by atoms with Crippen LogP contribution < -0.4 is 0 Å². The molecular formula is C11H18ClN3. The van der Waals surface area contributed by atoms with Crippen molar-refractivity contribution in [1.82, 2.24) is 14.5 Å². The smallest absolute Gasteiger partial charge is 0.0948 e. The van der Waals surface area contributed by atoms with Gasteiger partial charge in [-0.1, -0.05) is 6.42 Å². The van der Waals surface area contributed by atoms with Crippen molar-refractivity contribution in [2.45, 2.75) is 31.7 Å². The van der Waals surface area contributed by atoms with E-state index in [0.717, 1.165) is 18.8 Å². The molecule has 3 nitrogen and oxygen atoms in total. The molecule has 0 atom stereocenters. The molecule has 1 fully saturated rings. The van der Waals surface area contributed by atoms with Gasteiger partial charge in [0.2, 0.25) is 0 Å². The predicted octanol–water partition coefficient (Wildman–Crippen LogP) is 2.11. The van der Waals surface area contributed by atoms with Crippen molar-refractivity contribution in [2.75, 3.05) is 19.6 Å². The fourth-order valence-electron chi connectivity index (χ4n) is 2.09. The normalized spacial score (nSPS) is 18.2. The Balaban J connectivity index is 1.81. The minimum absolute atomic E-state index is 0.556. The van der Waals surface area contributed by atoms with Crippen LogP contribution in [-0.2, 0) is 12.4 Å². The highest BCUT2D eigenvalue weighted by atomic mass is 35.5. The number of imidazole rings is 1. The Morgan fingerprint density at radius 3 is 2.73 bits per heavy atom. The lowest BCUT2D eigenvalue weighted by molar-refractivity contribution is 0.220. The molecule has 0 spiro atoms. The van der Waals surface area contributed by atoms with E-state index in [1.54, 1.807) is 0 Å². The summed E-state index contributed by atoms with van der Waals surface area (Å²) < 4.78 is 2.15. The highest BCUT2D eigenvalue weighted by Gasteiger charge is 2.10. The van der Waals surface area contributed by atoms with Gasteiger partial charge in [0.1, 0.15) is 0 Å². The van der Waals surface area contributed by atoms with Gasteiger partial charge in [-0.25, -0.2) is 4.98 Å². The summed E-state index contributed by atoms with van der Waals surface area (Å²) in [7, 11) is 0. The third-order valence-electron chi connectivity index (χ3n) is 3.04. The van der Waals surface area contributed by atoms with E-state index < -0.39 is 0 Å². The maximum absolute atomic E-state index is 5.82. The van der Waals surface area contributed by atoms with Crippen LogP contribution in [0.15, 0.2) is 12.5 Å². The molecule has 1 aromatic rings. The molecule has 0 unspecified atom stereocenters. The van der Waals surface area contributed by atoms with E-state index >= 15 is 0 Å². The molecule has 4 heteroatoms. The number of piperidine rings is 1. The Bertz CT molecular complexity index is 292. The number of rotatable bonds is 4. The van der Waals surface area contributed by atoms with E-state index in [1.807, 2.05) is 12.5 Å². The molecule has 1 aliphatic rings. The summed E-state index contributed by atoms with van der Waals surface area (Å²) in [6, 6.07) is 0. The number of nitrogens with zero attached hydrogens (tertiary/aromatic N) is 3. The number of halogens is 1. The Morgan fingerprint density at radius 1 is 1.20 bits per heavy atom. The maximum atomic E-state index is 5.82. The number of alkyl halides is 1. The quantitative estimate of drug-likeness (QED) is 0.735. The standard InChI is InChI=1S/C11H18ClN3/c12-8-11-9-13-10-15(11)7-6-14-4-2-1-3-5-14/h9-10H,1-8H2. The topological polar surface area (TPSA) is 21.1 Å². The molecule has 0 bridgehead atoms. The van der Waals surface area contributed by atoms with E-state index in [9.17, 15) is 0 Å². The van der Waals surface area contributed by atoms with Crippen LogP contribution in [-0.4, -0.2) is 34.1 Å². The SMILES string of the molecule is ClCc1cncn1CCN1CCCCC1. The van der Waals surface area contributed by atoms with Crippen molar-refractivity contribution in [3.63, 3.8) is 0 Å². The second kappa shape index (κ2) is 5.52. The summed E-state index contributed by atoms with van der Waals surface area (Å²) >= 11 is 5.82. The van der Waals surface area contributed by atoms with Crippen molar-refractivity contribution in [3.05, 3.63) is 18.2 Å². The molecule has 0 N–H and O–H groups in total. The van der Waals surface area contributed by atoms with Crippen LogP contribution >= 0.6 is 11.6 Å². The average molecular weight is 228 g/mol. The molecule has 1 saturated heterocycles.